The van der Waals surface area contributed by atoms with Crippen molar-refractivity contribution in [3.63, 3.8) is 0 Å². The number of aliphatic carboxylic acids is 1. The van der Waals surface area contributed by atoms with E-state index >= 15 is 0 Å². The van der Waals surface area contributed by atoms with Crippen LogP contribution in [0.1, 0.15) is 12.5 Å². The zero-order chi connectivity index (χ0) is 17.4. The van der Waals surface area contributed by atoms with Crippen LogP contribution in [-0.4, -0.2) is 52.7 Å². The fraction of sp³-hybridized carbons (Fsp3) is 0.400. The molecular weight excluding hydrogens is 302 g/mol. The van der Waals surface area contributed by atoms with E-state index in [1.165, 1.54) is 6.92 Å². The maximum Gasteiger partial charge on any atom is 0.326 e. The fourth-order valence-electron chi connectivity index (χ4n) is 1.80. The minimum atomic E-state index is -1.17. The summed E-state index contributed by atoms with van der Waals surface area (Å²) in [7, 11) is 0. The molecule has 0 aromatic heterocycles. The maximum absolute atomic E-state index is 11.8. The molecule has 1 aromatic carbocycles. The van der Waals surface area contributed by atoms with Crippen molar-refractivity contribution in [2.45, 2.75) is 31.5 Å². The van der Waals surface area contributed by atoms with E-state index in [9.17, 15) is 19.5 Å². The molecular formula is C15H21N3O5. The summed E-state index contributed by atoms with van der Waals surface area (Å²) in [6, 6.07) is 6.60. The van der Waals surface area contributed by atoms with Gasteiger partial charge >= 0.3 is 5.97 Å². The molecule has 0 saturated heterocycles. The number of carbonyl (C=O) groups is 3. The molecule has 0 aliphatic carbocycles. The number of carboxylic acids is 1. The number of carbonyl (C=O) groups excluding carboxylic acids is 2. The third-order valence-corrected chi connectivity index (χ3v) is 3.16. The van der Waals surface area contributed by atoms with Gasteiger partial charge in [-0.05, 0) is 12.5 Å². The van der Waals surface area contributed by atoms with E-state index in [0.29, 0.717) is 0 Å². The van der Waals surface area contributed by atoms with Crippen LogP contribution in [0.2, 0.25) is 0 Å². The molecule has 0 fully saturated rings. The molecule has 1 rings (SSSR count). The molecule has 0 aliphatic rings. The van der Waals surface area contributed by atoms with Crippen molar-refractivity contribution in [1.82, 2.24) is 10.6 Å². The lowest BCUT2D eigenvalue weighted by atomic mass is 10.1. The average Bonchev–Trinajstić information content (AvgIpc) is 2.52. The Morgan fingerprint density at radius 3 is 2.35 bits per heavy atom. The SMILES string of the molecule is CC(O)C(N)C(=O)NCC(=O)NC(Cc1ccccc1)C(=O)O. The molecule has 0 heterocycles. The third-order valence-electron chi connectivity index (χ3n) is 3.16. The Labute approximate surface area is 133 Å². The molecule has 8 nitrogen and oxygen atoms in total. The van der Waals surface area contributed by atoms with Crippen LogP contribution >= 0.6 is 0 Å². The van der Waals surface area contributed by atoms with Gasteiger partial charge in [0.1, 0.15) is 12.1 Å². The zero-order valence-electron chi connectivity index (χ0n) is 12.7. The maximum atomic E-state index is 11.8. The number of hydrogen-bond donors (Lipinski definition) is 5. The first kappa shape index (κ1) is 18.6. The van der Waals surface area contributed by atoms with Gasteiger partial charge in [-0.2, -0.15) is 0 Å². The normalized spacial score (nSPS) is 14.4. The number of benzene rings is 1. The van der Waals surface area contributed by atoms with Crippen molar-refractivity contribution in [1.29, 1.82) is 0 Å². The molecule has 0 aliphatic heterocycles. The van der Waals surface area contributed by atoms with Crippen LogP contribution in [0.5, 0.6) is 0 Å². The molecule has 0 spiro atoms. The van der Waals surface area contributed by atoms with Gasteiger partial charge in [-0.3, -0.25) is 9.59 Å². The third kappa shape index (κ3) is 6.45. The van der Waals surface area contributed by atoms with Gasteiger partial charge in [0.25, 0.3) is 0 Å². The first-order valence-corrected chi connectivity index (χ1v) is 7.08. The number of nitrogens with one attached hydrogen (secondary N) is 2. The Morgan fingerprint density at radius 2 is 1.83 bits per heavy atom. The van der Waals surface area contributed by atoms with Gasteiger partial charge in [0, 0.05) is 6.42 Å². The van der Waals surface area contributed by atoms with Gasteiger partial charge < -0.3 is 26.6 Å². The number of rotatable bonds is 8. The molecule has 1 aromatic rings. The first-order valence-electron chi connectivity index (χ1n) is 7.08. The van der Waals surface area contributed by atoms with Crippen LogP contribution in [-0.2, 0) is 20.8 Å². The van der Waals surface area contributed by atoms with Crippen molar-refractivity contribution >= 4 is 17.8 Å². The number of amides is 2. The summed E-state index contributed by atoms with van der Waals surface area (Å²) < 4.78 is 0. The Hall–Kier alpha value is -2.45. The van der Waals surface area contributed by atoms with Gasteiger partial charge in [-0.25, -0.2) is 4.79 Å². The number of hydrogen-bond acceptors (Lipinski definition) is 5. The average molecular weight is 323 g/mol. The van der Waals surface area contributed by atoms with Crippen molar-refractivity contribution in [2.75, 3.05) is 6.54 Å². The predicted octanol–water partition coefficient (Wildman–Crippen LogP) is -1.38. The second-order valence-corrected chi connectivity index (χ2v) is 5.13. The van der Waals surface area contributed by atoms with Crippen LogP contribution < -0.4 is 16.4 Å². The summed E-state index contributed by atoms with van der Waals surface area (Å²) in [4.78, 5) is 34.5. The number of aliphatic hydroxyl groups is 1. The molecule has 3 unspecified atom stereocenters. The highest BCUT2D eigenvalue weighted by atomic mass is 16.4. The van der Waals surface area contributed by atoms with Crippen LogP contribution in [0.4, 0.5) is 0 Å². The van der Waals surface area contributed by atoms with E-state index in [1.54, 1.807) is 30.3 Å². The molecule has 23 heavy (non-hydrogen) atoms. The van der Waals surface area contributed by atoms with Gasteiger partial charge in [0.2, 0.25) is 11.8 Å². The topological polar surface area (TPSA) is 142 Å². The molecule has 126 valence electrons. The standard InChI is InChI=1S/C15H21N3O5/c1-9(19)13(16)14(21)17-8-12(20)18-11(15(22)23)7-10-5-3-2-4-6-10/h2-6,9,11,13,19H,7-8,16H2,1H3,(H,17,21)(H,18,20)(H,22,23). The lowest BCUT2D eigenvalue weighted by Crippen LogP contribution is -2.51. The van der Waals surface area contributed by atoms with Crippen LogP contribution in [0.3, 0.4) is 0 Å². The molecule has 8 heteroatoms. The van der Waals surface area contributed by atoms with Crippen LogP contribution in [0.25, 0.3) is 0 Å². The largest absolute Gasteiger partial charge is 0.480 e. The zero-order valence-corrected chi connectivity index (χ0v) is 12.7. The smallest absolute Gasteiger partial charge is 0.326 e. The number of carboxylic acid groups (broad SMARTS) is 1. The van der Waals surface area contributed by atoms with E-state index in [-0.39, 0.29) is 6.42 Å². The van der Waals surface area contributed by atoms with Crippen LogP contribution in [0.15, 0.2) is 30.3 Å². The van der Waals surface area contributed by atoms with Crippen molar-refractivity contribution < 1.29 is 24.6 Å². The van der Waals surface area contributed by atoms with Crippen LogP contribution in [0, 0.1) is 0 Å². The molecule has 6 N–H and O–H groups in total. The molecule has 3 atom stereocenters. The van der Waals surface area contributed by atoms with E-state index < -0.39 is 42.5 Å². The second kappa shape index (κ2) is 8.86. The quantitative estimate of drug-likeness (QED) is 0.399. The number of nitrogens with two attached hydrogens (primary N) is 1. The molecule has 2 amide bonds. The highest BCUT2D eigenvalue weighted by Gasteiger charge is 2.22. The minimum Gasteiger partial charge on any atom is -0.480 e. The Morgan fingerprint density at radius 1 is 1.22 bits per heavy atom. The minimum absolute atomic E-state index is 0.128. The van der Waals surface area contributed by atoms with Gasteiger partial charge in [-0.15, -0.1) is 0 Å². The Bertz CT molecular complexity index is 547. The van der Waals surface area contributed by atoms with E-state index in [0.717, 1.165) is 5.56 Å². The summed E-state index contributed by atoms with van der Waals surface area (Å²) in [5.41, 5.74) is 6.17. The summed E-state index contributed by atoms with van der Waals surface area (Å²) in [5.74, 6) is -2.52. The molecule has 0 radical (unpaired) electrons. The Kier molecular flexibility index (Phi) is 7.17. The summed E-state index contributed by atoms with van der Waals surface area (Å²) in [6.45, 7) is 0.933. The first-order chi connectivity index (χ1) is 10.8. The molecule has 0 bridgehead atoms. The second-order valence-electron chi connectivity index (χ2n) is 5.13. The van der Waals surface area contributed by atoms with Crippen molar-refractivity contribution in [3.8, 4) is 0 Å². The number of aliphatic hydroxyl groups excluding tert-OH is 1. The Balaban J connectivity index is 2.52. The van der Waals surface area contributed by atoms with Gasteiger partial charge in [0.05, 0.1) is 12.6 Å². The van der Waals surface area contributed by atoms with Crippen molar-refractivity contribution in [3.05, 3.63) is 35.9 Å². The molecule has 0 saturated carbocycles. The van der Waals surface area contributed by atoms with E-state index in [1.807, 2.05) is 0 Å². The fourth-order valence-corrected chi connectivity index (χ4v) is 1.80. The monoisotopic (exact) mass is 323 g/mol. The summed E-state index contributed by atoms with van der Waals surface area (Å²) in [5, 5.41) is 22.9. The van der Waals surface area contributed by atoms with Crippen molar-refractivity contribution in [2.24, 2.45) is 5.73 Å². The van der Waals surface area contributed by atoms with E-state index in [4.69, 9.17) is 10.8 Å². The van der Waals surface area contributed by atoms with E-state index in [2.05, 4.69) is 10.6 Å². The summed E-state index contributed by atoms with van der Waals surface area (Å²) in [6.07, 6.45) is -0.925. The van der Waals surface area contributed by atoms with Gasteiger partial charge in [0.15, 0.2) is 0 Å². The predicted molar refractivity (Wildman–Crippen MR) is 82.4 cm³/mol. The lowest BCUT2D eigenvalue weighted by Gasteiger charge is -2.17. The highest BCUT2D eigenvalue weighted by molar-refractivity contribution is 5.89. The highest BCUT2D eigenvalue weighted by Crippen LogP contribution is 2.03. The summed E-state index contributed by atoms with van der Waals surface area (Å²) >= 11 is 0. The lowest BCUT2D eigenvalue weighted by molar-refractivity contribution is -0.141. The van der Waals surface area contributed by atoms with Gasteiger partial charge in [-0.1, -0.05) is 30.3 Å².